The van der Waals surface area contributed by atoms with Crippen LogP contribution in [0.3, 0.4) is 0 Å². The van der Waals surface area contributed by atoms with Crippen LogP contribution in [-0.4, -0.2) is 59.2 Å². The van der Waals surface area contributed by atoms with Crippen molar-refractivity contribution < 1.29 is 4.92 Å². The summed E-state index contributed by atoms with van der Waals surface area (Å²) in [4.78, 5) is 23.7. The number of hydrogen-bond acceptors (Lipinski definition) is 7. The number of nitro groups is 1. The lowest BCUT2D eigenvalue weighted by Gasteiger charge is -2.38. The van der Waals surface area contributed by atoms with Crippen molar-refractivity contribution in [2.75, 3.05) is 26.2 Å². The standard InChI is InChI=1S/C13H18N6O2/c20-19(21)11-9-14-10-16-13(11)18-7-5-17(6-8-18)12-3-1-2-4-15-12/h2,4,9-10,13H,1,3,5-8H2,(H,14,16). The van der Waals surface area contributed by atoms with Crippen molar-refractivity contribution in [3.63, 3.8) is 0 Å². The van der Waals surface area contributed by atoms with E-state index in [1.165, 1.54) is 12.5 Å². The van der Waals surface area contributed by atoms with Gasteiger partial charge in [0, 0.05) is 38.8 Å². The quantitative estimate of drug-likeness (QED) is 0.587. The molecule has 0 radical (unpaired) electrons. The first-order chi connectivity index (χ1) is 10.3. The SMILES string of the molecule is O=[N+]([O-])C1=CNC=NC1N1CCN(C2=NC=CCC2)CC1. The molecule has 1 atom stereocenters. The highest BCUT2D eigenvalue weighted by atomic mass is 16.6. The van der Waals surface area contributed by atoms with Crippen LogP contribution in [0.25, 0.3) is 0 Å². The van der Waals surface area contributed by atoms with E-state index in [0.29, 0.717) is 0 Å². The lowest BCUT2D eigenvalue weighted by molar-refractivity contribution is -0.433. The van der Waals surface area contributed by atoms with Gasteiger partial charge in [-0.2, -0.15) is 0 Å². The molecular formula is C13H18N6O2. The van der Waals surface area contributed by atoms with Gasteiger partial charge in [0.1, 0.15) is 5.84 Å². The fourth-order valence-corrected chi connectivity index (χ4v) is 2.77. The molecule has 8 nitrogen and oxygen atoms in total. The molecule has 8 heteroatoms. The van der Waals surface area contributed by atoms with Crippen LogP contribution in [0.4, 0.5) is 0 Å². The number of rotatable bonds is 2. The molecule has 0 saturated carbocycles. The average molecular weight is 290 g/mol. The molecule has 3 aliphatic rings. The van der Waals surface area contributed by atoms with Gasteiger partial charge in [-0.05, 0) is 6.42 Å². The van der Waals surface area contributed by atoms with Gasteiger partial charge < -0.3 is 10.2 Å². The largest absolute Gasteiger partial charge is 0.357 e. The second-order valence-electron chi connectivity index (χ2n) is 5.14. The molecule has 0 aromatic carbocycles. The number of nitrogens with zero attached hydrogens (tertiary/aromatic N) is 5. The van der Waals surface area contributed by atoms with Crippen LogP contribution in [0.5, 0.6) is 0 Å². The lowest BCUT2D eigenvalue weighted by Crippen LogP contribution is -2.53. The highest BCUT2D eigenvalue weighted by Crippen LogP contribution is 2.18. The molecule has 0 bridgehead atoms. The maximum absolute atomic E-state index is 11.1. The number of hydrogen-bond donors (Lipinski definition) is 1. The smallest absolute Gasteiger partial charge is 0.301 e. The van der Waals surface area contributed by atoms with Gasteiger partial charge in [-0.15, -0.1) is 0 Å². The molecule has 1 N–H and O–H groups in total. The van der Waals surface area contributed by atoms with Crippen molar-refractivity contribution in [3.05, 3.63) is 34.3 Å². The zero-order valence-electron chi connectivity index (χ0n) is 11.7. The lowest BCUT2D eigenvalue weighted by atomic mass is 10.2. The third kappa shape index (κ3) is 2.94. The van der Waals surface area contributed by atoms with Crippen LogP contribution >= 0.6 is 0 Å². The molecule has 0 aromatic heterocycles. The zero-order valence-corrected chi connectivity index (χ0v) is 11.7. The summed E-state index contributed by atoms with van der Waals surface area (Å²) in [5.74, 6) is 1.12. The predicted octanol–water partition coefficient (Wildman–Crippen LogP) is 0.386. The molecule has 0 aromatic rings. The summed E-state index contributed by atoms with van der Waals surface area (Å²) >= 11 is 0. The van der Waals surface area contributed by atoms with Crippen LogP contribution in [0.1, 0.15) is 12.8 Å². The van der Waals surface area contributed by atoms with Crippen LogP contribution in [0.2, 0.25) is 0 Å². The molecule has 0 amide bonds. The number of amidine groups is 1. The predicted molar refractivity (Wildman–Crippen MR) is 79.4 cm³/mol. The van der Waals surface area contributed by atoms with E-state index in [1.54, 1.807) is 0 Å². The van der Waals surface area contributed by atoms with Crippen LogP contribution in [0, 0.1) is 10.1 Å². The Bertz CT molecular complexity index is 531. The molecule has 21 heavy (non-hydrogen) atoms. The summed E-state index contributed by atoms with van der Waals surface area (Å²) in [7, 11) is 0. The average Bonchev–Trinajstić information content (AvgIpc) is 2.56. The van der Waals surface area contributed by atoms with Gasteiger partial charge in [0.05, 0.1) is 17.5 Å². The van der Waals surface area contributed by atoms with Gasteiger partial charge in [0.2, 0.25) is 0 Å². The molecule has 1 fully saturated rings. The van der Waals surface area contributed by atoms with Gasteiger partial charge in [-0.25, -0.2) is 9.98 Å². The molecule has 3 heterocycles. The van der Waals surface area contributed by atoms with E-state index in [-0.39, 0.29) is 10.6 Å². The topological polar surface area (TPSA) is 86.4 Å². The number of piperazine rings is 1. The molecule has 0 aliphatic carbocycles. The van der Waals surface area contributed by atoms with E-state index >= 15 is 0 Å². The fourth-order valence-electron chi connectivity index (χ4n) is 2.77. The number of aliphatic imine (C=N–C) groups is 2. The Hall–Kier alpha value is -2.22. The Labute approximate surface area is 122 Å². The van der Waals surface area contributed by atoms with Gasteiger partial charge in [-0.1, -0.05) is 6.08 Å². The van der Waals surface area contributed by atoms with Crippen molar-refractivity contribution in [1.82, 2.24) is 15.1 Å². The second kappa shape index (κ2) is 6.04. The highest BCUT2D eigenvalue weighted by molar-refractivity contribution is 5.83. The minimum atomic E-state index is -0.489. The molecule has 1 saturated heterocycles. The third-order valence-electron chi connectivity index (χ3n) is 3.89. The van der Waals surface area contributed by atoms with Crippen LogP contribution in [-0.2, 0) is 0 Å². The minimum absolute atomic E-state index is 0.101. The van der Waals surface area contributed by atoms with Gasteiger partial charge in [-0.3, -0.25) is 15.0 Å². The minimum Gasteiger partial charge on any atom is -0.357 e. The third-order valence-corrected chi connectivity index (χ3v) is 3.89. The van der Waals surface area contributed by atoms with E-state index < -0.39 is 6.17 Å². The summed E-state index contributed by atoms with van der Waals surface area (Å²) in [6.45, 7) is 3.15. The van der Waals surface area contributed by atoms with Crippen LogP contribution in [0.15, 0.2) is 34.2 Å². The highest BCUT2D eigenvalue weighted by Gasteiger charge is 2.34. The molecule has 1 unspecified atom stereocenters. The van der Waals surface area contributed by atoms with Gasteiger partial charge in [0.25, 0.3) is 0 Å². The Morgan fingerprint density at radius 3 is 2.81 bits per heavy atom. The number of allylic oxidation sites excluding steroid dienone is 1. The Kier molecular flexibility index (Phi) is 3.96. The van der Waals surface area contributed by atoms with E-state index in [0.717, 1.165) is 44.9 Å². The van der Waals surface area contributed by atoms with E-state index in [4.69, 9.17) is 0 Å². The first-order valence-corrected chi connectivity index (χ1v) is 7.08. The normalized spacial score (nSPS) is 26.1. The second-order valence-corrected chi connectivity index (χ2v) is 5.14. The Morgan fingerprint density at radius 2 is 2.14 bits per heavy atom. The first kappa shape index (κ1) is 13.7. The van der Waals surface area contributed by atoms with Crippen molar-refractivity contribution >= 4 is 12.2 Å². The van der Waals surface area contributed by atoms with Gasteiger partial charge >= 0.3 is 5.70 Å². The molecule has 3 rings (SSSR count). The maximum atomic E-state index is 11.1. The fraction of sp³-hybridized carbons (Fsp3) is 0.538. The molecule has 112 valence electrons. The van der Waals surface area contributed by atoms with Crippen molar-refractivity contribution in [1.29, 1.82) is 0 Å². The Balaban J connectivity index is 1.63. The Morgan fingerprint density at radius 1 is 1.33 bits per heavy atom. The summed E-state index contributed by atoms with van der Waals surface area (Å²) in [5, 5.41) is 13.8. The summed E-state index contributed by atoms with van der Waals surface area (Å²) in [5.41, 5.74) is 0.101. The number of nitrogens with one attached hydrogen (secondary N) is 1. The van der Waals surface area contributed by atoms with E-state index in [9.17, 15) is 10.1 Å². The molecule has 3 aliphatic heterocycles. The monoisotopic (exact) mass is 290 g/mol. The first-order valence-electron chi connectivity index (χ1n) is 7.08. The van der Waals surface area contributed by atoms with E-state index in [1.807, 2.05) is 11.1 Å². The summed E-state index contributed by atoms with van der Waals surface area (Å²) < 4.78 is 0. The molecular weight excluding hydrogens is 272 g/mol. The van der Waals surface area contributed by atoms with Gasteiger partial charge in [0.15, 0.2) is 6.17 Å². The van der Waals surface area contributed by atoms with E-state index in [2.05, 4.69) is 26.3 Å². The summed E-state index contributed by atoms with van der Waals surface area (Å²) in [6.07, 6.45) is 8.37. The summed E-state index contributed by atoms with van der Waals surface area (Å²) in [6, 6.07) is 0. The van der Waals surface area contributed by atoms with Crippen LogP contribution < -0.4 is 5.32 Å². The maximum Gasteiger partial charge on any atom is 0.301 e. The van der Waals surface area contributed by atoms with Crippen molar-refractivity contribution in [2.24, 2.45) is 9.98 Å². The molecule has 0 spiro atoms. The zero-order chi connectivity index (χ0) is 14.7. The van der Waals surface area contributed by atoms with Crippen molar-refractivity contribution in [3.8, 4) is 0 Å². The van der Waals surface area contributed by atoms with Crippen molar-refractivity contribution in [2.45, 2.75) is 19.0 Å².